The number of amides is 1. The zero-order chi connectivity index (χ0) is 14.5. The number of rotatable bonds is 5. The van der Waals surface area contributed by atoms with Crippen molar-refractivity contribution < 1.29 is 9.59 Å². The van der Waals surface area contributed by atoms with Crippen molar-refractivity contribution in [3.05, 3.63) is 16.1 Å². The van der Waals surface area contributed by atoms with E-state index in [2.05, 4.69) is 9.88 Å². The third-order valence-electron chi connectivity index (χ3n) is 3.59. The Hall–Kier alpha value is -1.27. The van der Waals surface area contributed by atoms with Gasteiger partial charge in [0.15, 0.2) is 0 Å². The Bertz CT molecular complexity index is 473. The second-order valence-electron chi connectivity index (χ2n) is 5.37. The summed E-state index contributed by atoms with van der Waals surface area (Å²) in [5.41, 5.74) is 0.963. The normalized spacial score (nSPS) is 19.8. The summed E-state index contributed by atoms with van der Waals surface area (Å²) in [6.07, 6.45) is 4.61. The Balaban J connectivity index is 1.95. The SMILES string of the molecule is CN(C)C(=O)Cc1nc(CN2CCCCC2C=O)cs1. The van der Waals surface area contributed by atoms with Gasteiger partial charge in [0, 0.05) is 26.0 Å². The summed E-state index contributed by atoms with van der Waals surface area (Å²) in [5, 5.41) is 2.84. The molecule has 0 bridgehead atoms. The molecule has 110 valence electrons. The van der Waals surface area contributed by atoms with E-state index in [1.807, 2.05) is 5.38 Å². The van der Waals surface area contributed by atoms with Gasteiger partial charge in [-0.1, -0.05) is 6.42 Å². The lowest BCUT2D eigenvalue weighted by molar-refractivity contribution is -0.127. The largest absolute Gasteiger partial charge is 0.348 e. The molecule has 0 aromatic carbocycles. The summed E-state index contributed by atoms with van der Waals surface area (Å²) in [7, 11) is 3.50. The van der Waals surface area contributed by atoms with Crippen LogP contribution >= 0.6 is 11.3 Å². The molecule has 5 nitrogen and oxygen atoms in total. The molecule has 1 aromatic rings. The van der Waals surface area contributed by atoms with Gasteiger partial charge in [0.1, 0.15) is 11.3 Å². The Morgan fingerprint density at radius 2 is 2.35 bits per heavy atom. The summed E-state index contributed by atoms with van der Waals surface area (Å²) in [6, 6.07) is 0.0253. The van der Waals surface area contributed by atoms with Crippen LogP contribution in [-0.2, 0) is 22.6 Å². The molecule has 2 heterocycles. The number of piperidine rings is 1. The van der Waals surface area contributed by atoms with E-state index < -0.39 is 0 Å². The number of nitrogens with zero attached hydrogens (tertiary/aromatic N) is 3. The number of thiazole rings is 1. The van der Waals surface area contributed by atoms with E-state index in [0.29, 0.717) is 13.0 Å². The number of likely N-dealkylation sites (tertiary alicyclic amines) is 1. The van der Waals surface area contributed by atoms with Gasteiger partial charge >= 0.3 is 0 Å². The molecule has 0 saturated carbocycles. The van der Waals surface area contributed by atoms with Crippen LogP contribution in [0.15, 0.2) is 5.38 Å². The molecule has 2 rings (SSSR count). The predicted molar refractivity (Wildman–Crippen MR) is 78.6 cm³/mol. The molecule has 1 fully saturated rings. The Morgan fingerprint density at radius 3 is 3.05 bits per heavy atom. The molecule has 1 aromatic heterocycles. The molecule has 0 aliphatic carbocycles. The lowest BCUT2D eigenvalue weighted by Crippen LogP contribution is -2.39. The van der Waals surface area contributed by atoms with Gasteiger partial charge in [-0.3, -0.25) is 9.69 Å². The molecule has 6 heteroatoms. The van der Waals surface area contributed by atoms with E-state index in [4.69, 9.17) is 0 Å². The van der Waals surface area contributed by atoms with Crippen LogP contribution in [0.1, 0.15) is 30.0 Å². The third kappa shape index (κ3) is 3.86. The van der Waals surface area contributed by atoms with Crippen molar-refractivity contribution in [2.24, 2.45) is 0 Å². The van der Waals surface area contributed by atoms with Gasteiger partial charge in [0.2, 0.25) is 5.91 Å². The van der Waals surface area contributed by atoms with E-state index in [1.54, 1.807) is 19.0 Å². The van der Waals surface area contributed by atoms with Gasteiger partial charge in [-0.2, -0.15) is 0 Å². The second kappa shape index (κ2) is 6.95. The Labute approximate surface area is 123 Å². The van der Waals surface area contributed by atoms with E-state index in [-0.39, 0.29) is 11.9 Å². The van der Waals surface area contributed by atoms with Crippen molar-refractivity contribution in [2.75, 3.05) is 20.6 Å². The quantitative estimate of drug-likeness (QED) is 0.769. The van der Waals surface area contributed by atoms with Crippen molar-refractivity contribution in [2.45, 2.75) is 38.3 Å². The molecule has 1 aliphatic rings. The van der Waals surface area contributed by atoms with Gasteiger partial charge in [0.05, 0.1) is 18.2 Å². The summed E-state index contributed by atoms with van der Waals surface area (Å²) in [6.45, 7) is 1.66. The first-order chi connectivity index (χ1) is 9.60. The highest BCUT2D eigenvalue weighted by molar-refractivity contribution is 7.09. The Morgan fingerprint density at radius 1 is 1.55 bits per heavy atom. The highest BCUT2D eigenvalue weighted by Crippen LogP contribution is 2.19. The summed E-state index contributed by atoms with van der Waals surface area (Å²) < 4.78 is 0. The zero-order valence-corrected chi connectivity index (χ0v) is 12.9. The van der Waals surface area contributed by atoms with E-state index in [0.717, 1.165) is 42.8 Å². The van der Waals surface area contributed by atoms with E-state index in [9.17, 15) is 9.59 Å². The molecule has 1 amide bonds. The maximum atomic E-state index is 11.6. The number of hydrogen-bond acceptors (Lipinski definition) is 5. The van der Waals surface area contributed by atoms with Crippen LogP contribution in [0.5, 0.6) is 0 Å². The number of carbonyl (C=O) groups excluding carboxylic acids is 2. The fourth-order valence-electron chi connectivity index (χ4n) is 2.37. The zero-order valence-electron chi connectivity index (χ0n) is 12.0. The number of carbonyl (C=O) groups is 2. The first-order valence-corrected chi connectivity index (χ1v) is 7.81. The van der Waals surface area contributed by atoms with E-state index in [1.165, 1.54) is 11.3 Å². The molecular weight excluding hydrogens is 274 g/mol. The van der Waals surface area contributed by atoms with Crippen molar-refractivity contribution >= 4 is 23.5 Å². The van der Waals surface area contributed by atoms with Crippen LogP contribution < -0.4 is 0 Å². The van der Waals surface area contributed by atoms with Crippen LogP contribution in [0.4, 0.5) is 0 Å². The van der Waals surface area contributed by atoms with Crippen LogP contribution in [-0.4, -0.2) is 53.7 Å². The molecule has 20 heavy (non-hydrogen) atoms. The molecule has 1 atom stereocenters. The monoisotopic (exact) mass is 295 g/mol. The van der Waals surface area contributed by atoms with Crippen molar-refractivity contribution in [3.63, 3.8) is 0 Å². The van der Waals surface area contributed by atoms with Gasteiger partial charge in [-0.25, -0.2) is 4.98 Å². The minimum Gasteiger partial charge on any atom is -0.348 e. The van der Waals surface area contributed by atoms with Crippen LogP contribution in [0, 0.1) is 0 Å². The highest BCUT2D eigenvalue weighted by Gasteiger charge is 2.22. The van der Waals surface area contributed by atoms with E-state index >= 15 is 0 Å². The standard InChI is InChI=1S/C14H21N3O2S/c1-16(2)14(19)7-13-15-11(10-20-13)8-17-6-4-3-5-12(17)9-18/h9-10,12H,3-8H2,1-2H3. The van der Waals surface area contributed by atoms with Crippen molar-refractivity contribution in [1.82, 2.24) is 14.8 Å². The predicted octanol–water partition coefficient (Wildman–Crippen LogP) is 1.33. The first kappa shape index (κ1) is 15.1. The third-order valence-corrected chi connectivity index (χ3v) is 4.48. The minimum atomic E-state index is 0.0253. The number of aromatic nitrogens is 1. The molecule has 1 unspecified atom stereocenters. The van der Waals surface area contributed by atoms with Crippen LogP contribution in [0.3, 0.4) is 0 Å². The maximum absolute atomic E-state index is 11.6. The fourth-order valence-corrected chi connectivity index (χ4v) is 3.14. The minimum absolute atomic E-state index is 0.0253. The topological polar surface area (TPSA) is 53.5 Å². The van der Waals surface area contributed by atoms with Crippen molar-refractivity contribution in [1.29, 1.82) is 0 Å². The summed E-state index contributed by atoms with van der Waals surface area (Å²) >= 11 is 1.52. The Kier molecular flexibility index (Phi) is 5.25. The van der Waals surface area contributed by atoms with Gasteiger partial charge in [-0.15, -0.1) is 11.3 Å². The average Bonchev–Trinajstić information content (AvgIpc) is 2.86. The van der Waals surface area contributed by atoms with Gasteiger partial charge in [-0.05, 0) is 19.4 Å². The van der Waals surface area contributed by atoms with Crippen LogP contribution in [0.2, 0.25) is 0 Å². The second-order valence-corrected chi connectivity index (χ2v) is 6.31. The summed E-state index contributed by atoms with van der Waals surface area (Å²) in [5.74, 6) is 0.0645. The fraction of sp³-hybridized carbons (Fsp3) is 0.643. The lowest BCUT2D eigenvalue weighted by Gasteiger charge is -2.31. The average molecular weight is 295 g/mol. The number of likely N-dealkylation sites (N-methyl/N-ethyl adjacent to an activating group) is 1. The molecule has 0 N–H and O–H groups in total. The lowest BCUT2D eigenvalue weighted by atomic mass is 10.0. The molecule has 0 radical (unpaired) electrons. The molecular formula is C14H21N3O2S. The van der Waals surface area contributed by atoms with Crippen molar-refractivity contribution in [3.8, 4) is 0 Å². The molecule has 1 aliphatic heterocycles. The van der Waals surface area contributed by atoms with Gasteiger partial charge < -0.3 is 9.69 Å². The number of aldehydes is 1. The first-order valence-electron chi connectivity index (χ1n) is 6.93. The molecule has 1 saturated heterocycles. The smallest absolute Gasteiger partial charge is 0.228 e. The molecule has 0 spiro atoms. The number of hydrogen-bond donors (Lipinski definition) is 0. The summed E-state index contributed by atoms with van der Waals surface area (Å²) in [4.78, 5) is 31.0. The maximum Gasteiger partial charge on any atom is 0.228 e. The van der Waals surface area contributed by atoms with Gasteiger partial charge in [0.25, 0.3) is 0 Å². The highest BCUT2D eigenvalue weighted by atomic mass is 32.1. The van der Waals surface area contributed by atoms with Crippen LogP contribution in [0.25, 0.3) is 0 Å².